The lowest BCUT2D eigenvalue weighted by atomic mass is 9.93. The third-order valence-corrected chi connectivity index (χ3v) is 7.08. The van der Waals surface area contributed by atoms with Gasteiger partial charge in [-0.25, -0.2) is 14.2 Å². The molecule has 5 rings (SSSR count). The smallest absolute Gasteiger partial charge is 0.410 e. The largest absolute Gasteiger partial charge is 0.444 e. The molecular weight excluding hydrogens is 503 g/mol. The minimum absolute atomic E-state index is 0.221. The fourth-order valence-electron chi connectivity index (χ4n) is 4.89. The van der Waals surface area contributed by atoms with Crippen LogP contribution >= 0.6 is 11.6 Å². The quantitative estimate of drug-likeness (QED) is 0.274. The van der Waals surface area contributed by atoms with Crippen molar-refractivity contribution in [1.82, 2.24) is 14.9 Å². The second-order valence-corrected chi connectivity index (χ2v) is 11.2. The normalized spacial score (nSPS) is 14.6. The van der Waals surface area contributed by atoms with Gasteiger partial charge in [0.2, 0.25) is 0 Å². The molecule has 8 heteroatoms. The van der Waals surface area contributed by atoms with Crippen molar-refractivity contribution < 1.29 is 13.9 Å². The summed E-state index contributed by atoms with van der Waals surface area (Å²) < 4.78 is 20.7. The lowest BCUT2D eigenvalue weighted by Gasteiger charge is -2.33. The molecule has 0 radical (unpaired) electrons. The summed E-state index contributed by atoms with van der Waals surface area (Å²) in [6.07, 6.45) is 2.87. The van der Waals surface area contributed by atoms with Gasteiger partial charge in [0.25, 0.3) is 0 Å². The molecular formula is C30H32ClFN4O2. The Balaban J connectivity index is 1.38. The average Bonchev–Trinajstić information content (AvgIpc) is 3.32. The Morgan fingerprint density at radius 2 is 1.89 bits per heavy atom. The number of carbonyl (C=O) groups excluding carboxylic acids is 1. The Kier molecular flexibility index (Phi) is 7.30. The van der Waals surface area contributed by atoms with E-state index in [1.165, 1.54) is 6.07 Å². The molecule has 0 aliphatic carbocycles. The number of benzene rings is 2. The van der Waals surface area contributed by atoms with Crippen molar-refractivity contribution in [2.75, 3.05) is 18.4 Å². The van der Waals surface area contributed by atoms with E-state index in [4.69, 9.17) is 16.3 Å². The first-order valence-electron chi connectivity index (χ1n) is 12.9. The van der Waals surface area contributed by atoms with E-state index < -0.39 is 5.60 Å². The van der Waals surface area contributed by atoms with Crippen molar-refractivity contribution in [3.8, 4) is 11.1 Å². The number of halogens is 2. The number of carbonyl (C=O) groups is 1. The number of hydrogen-bond acceptors (Lipinski definition) is 4. The molecule has 38 heavy (non-hydrogen) atoms. The van der Waals surface area contributed by atoms with Gasteiger partial charge in [0.15, 0.2) is 0 Å². The number of piperidine rings is 1. The molecule has 0 spiro atoms. The van der Waals surface area contributed by atoms with Gasteiger partial charge < -0.3 is 19.9 Å². The van der Waals surface area contributed by atoms with Crippen LogP contribution in [0.5, 0.6) is 0 Å². The van der Waals surface area contributed by atoms with E-state index >= 15 is 4.39 Å². The molecule has 1 fully saturated rings. The summed E-state index contributed by atoms with van der Waals surface area (Å²) >= 11 is 6.62. The average molecular weight is 535 g/mol. The van der Waals surface area contributed by atoms with E-state index in [0.29, 0.717) is 41.4 Å². The first-order valence-corrected chi connectivity index (χ1v) is 13.3. The third kappa shape index (κ3) is 5.78. The second kappa shape index (κ2) is 10.7. The maximum atomic E-state index is 15.2. The van der Waals surface area contributed by atoms with Crippen LogP contribution in [0.15, 0.2) is 60.8 Å². The lowest BCUT2D eigenvalue weighted by Crippen LogP contribution is -2.41. The van der Waals surface area contributed by atoms with E-state index in [9.17, 15) is 4.79 Å². The Morgan fingerprint density at radius 1 is 1.16 bits per heavy atom. The molecule has 0 atom stereocenters. The van der Waals surface area contributed by atoms with Gasteiger partial charge in [-0.2, -0.15) is 0 Å². The number of aromatic amines is 1. The van der Waals surface area contributed by atoms with Crippen LogP contribution in [0.4, 0.5) is 14.9 Å². The van der Waals surface area contributed by atoms with Crippen LogP contribution < -0.4 is 5.32 Å². The van der Waals surface area contributed by atoms with Crippen LogP contribution in [0, 0.1) is 5.82 Å². The SMILES string of the molecule is CC(C)(C)OC(=O)N1CCC(c2cc3c(-c4cc(NCc5ccccc5)ccc4F)c(Cl)cnc3[nH]2)CC1. The zero-order valence-corrected chi connectivity index (χ0v) is 22.6. The van der Waals surface area contributed by atoms with E-state index in [1.54, 1.807) is 23.2 Å². The second-order valence-electron chi connectivity index (χ2n) is 10.7. The first kappa shape index (κ1) is 26.0. The predicted octanol–water partition coefficient (Wildman–Crippen LogP) is 7.75. The summed E-state index contributed by atoms with van der Waals surface area (Å²) in [6, 6.07) is 17.1. The molecule has 1 amide bonds. The molecule has 0 bridgehead atoms. The number of H-pyrrole nitrogens is 1. The molecule has 1 aliphatic heterocycles. The van der Waals surface area contributed by atoms with Gasteiger partial charge in [-0.05, 0) is 63.4 Å². The van der Waals surface area contributed by atoms with Crippen molar-refractivity contribution in [3.63, 3.8) is 0 Å². The Bertz CT molecular complexity index is 1440. The highest BCUT2D eigenvalue weighted by atomic mass is 35.5. The van der Waals surface area contributed by atoms with Crippen LogP contribution in [-0.4, -0.2) is 39.7 Å². The van der Waals surface area contributed by atoms with Crippen LogP contribution in [-0.2, 0) is 11.3 Å². The van der Waals surface area contributed by atoms with Crippen molar-refractivity contribution in [2.24, 2.45) is 0 Å². The number of likely N-dealkylation sites (tertiary alicyclic amines) is 1. The maximum absolute atomic E-state index is 15.2. The number of nitrogens with zero attached hydrogens (tertiary/aromatic N) is 2. The Labute approximate surface area is 227 Å². The molecule has 1 saturated heterocycles. The van der Waals surface area contributed by atoms with E-state index in [2.05, 4.69) is 15.3 Å². The predicted molar refractivity (Wildman–Crippen MR) is 150 cm³/mol. The van der Waals surface area contributed by atoms with Crippen molar-refractivity contribution in [1.29, 1.82) is 0 Å². The highest BCUT2D eigenvalue weighted by Crippen LogP contribution is 2.39. The molecule has 198 valence electrons. The number of nitrogens with one attached hydrogen (secondary N) is 2. The summed E-state index contributed by atoms with van der Waals surface area (Å²) in [5.74, 6) is -0.128. The highest BCUT2D eigenvalue weighted by Gasteiger charge is 2.29. The summed E-state index contributed by atoms with van der Waals surface area (Å²) in [6.45, 7) is 7.46. The lowest BCUT2D eigenvalue weighted by molar-refractivity contribution is 0.0204. The molecule has 0 saturated carbocycles. The number of ether oxygens (including phenoxy) is 1. The first-order chi connectivity index (χ1) is 18.2. The number of pyridine rings is 1. The Morgan fingerprint density at radius 3 is 2.61 bits per heavy atom. The van der Waals surface area contributed by atoms with Gasteiger partial charge in [-0.3, -0.25) is 0 Å². The molecule has 1 aliphatic rings. The summed E-state index contributed by atoms with van der Waals surface area (Å²) in [5.41, 5.74) is 4.13. The van der Waals surface area contributed by atoms with Crippen LogP contribution in [0.1, 0.15) is 50.8 Å². The topological polar surface area (TPSA) is 70.2 Å². The number of rotatable bonds is 5. The Hall–Kier alpha value is -3.58. The molecule has 4 aromatic rings. The van der Waals surface area contributed by atoms with Gasteiger partial charge in [-0.1, -0.05) is 41.9 Å². The highest BCUT2D eigenvalue weighted by molar-refractivity contribution is 6.34. The van der Waals surface area contributed by atoms with Crippen molar-refractivity contribution >= 4 is 34.4 Å². The summed E-state index contributed by atoms with van der Waals surface area (Å²) in [7, 11) is 0. The molecule has 2 aromatic heterocycles. The monoisotopic (exact) mass is 534 g/mol. The fraction of sp³-hybridized carbons (Fsp3) is 0.333. The summed E-state index contributed by atoms with van der Waals surface area (Å²) in [4.78, 5) is 22.1. The molecule has 2 aromatic carbocycles. The van der Waals surface area contributed by atoms with E-state index in [-0.39, 0.29) is 17.8 Å². The van der Waals surface area contributed by atoms with Gasteiger partial charge in [0, 0.05) is 59.6 Å². The number of aromatic nitrogens is 2. The standard InChI is InChI=1S/C30H32ClFN4O2/c1-30(2,3)38-29(37)36-13-11-20(12-14-36)26-16-23-27(24(31)18-34-28(23)35-26)22-15-21(9-10-25(22)32)33-17-19-7-5-4-6-8-19/h4-10,15-16,18,20,33H,11-14,17H2,1-3H3,(H,34,35). The van der Waals surface area contributed by atoms with Crippen LogP contribution in [0.25, 0.3) is 22.2 Å². The van der Waals surface area contributed by atoms with Crippen LogP contribution in [0.3, 0.4) is 0 Å². The van der Waals surface area contributed by atoms with Gasteiger partial charge in [0.05, 0.1) is 5.02 Å². The van der Waals surface area contributed by atoms with Gasteiger partial charge >= 0.3 is 6.09 Å². The number of amides is 1. The van der Waals surface area contributed by atoms with E-state index in [1.807, 2.05) is 57.2 Å². The summed E-state index contributed by atoms with van der Waals surface area (Å²) in [5, 5.41) is 4.54. The van der Waals surface area contributed by atoms with Crippen molar-refractivity contribution in [2.45, 2.75) is 51.7 Å². The zero-order chi connectivity index (χ0) is 26.9. The van der Waals surface area contributed by atoms with Gasteiger partial charge in [-0.15, -0.1) is 0 Å². The van der Waals surface area contributed by atoms with Crippen LogP contribution in [0.2, 0.25) is 5.02 Å². The van der Waals surface area contributed by atoms with Crippen molar-refractivity contribution in [3.05, 3.63) is 82.9 Å². The third-order valence-electron chi connectivity index (χ3n) is 6.79. The van der Waals surface area contributed by atoms with E-state index in [0.717, 1.165) is 35.2 Å². The minimum Gasteiger partial charge on any atom is -0.444 e. The number of fused-ring (bicyclic) bond motifs is 1. The maximum Gasteiger partial charge on any atom is 0.410 e. The molecule has 0 unspecified atom stereocenters. The fourth-order valence-corrected chi connectivity index (χ4v) is 5.14. The zero-order valence-electron chi connectivity index (χ0n) is 21.9. The molecule has 3 heterocycles. The number of hydrogen-bond donors (Lipinski definition) is 2. The molecule has 2 N–H and O–H groups in total. The van der Waals surface area contributed by atoms with Gasteiger partial charge in [0.1, 0.15) is 17.1 Å². The molecule has 6 nitrogen and oxygen atoms in total. The number of anilines is 1. The minimum atomic E-state index is -0.518.